The largest absolute Gasteiger partial charge is 0.384 e. The van der Waals surface area contributed by atoms with Gasteiger partial charge in [-0.05, 0) is 12.1 Å². The second-order valence-corrected chi connectivity index (χ2v) is 4.12. The highest BCUT2D eigenvalue weighted by Gasteiger charge is 2.03. The maximum atomic E-state index is 5.11. The molecule has 1 N–H and O–H groups in total. The molecule has 0 saturated heterocycles. The van der Waals surface area contributed by atoms with Gasteiger partial charge >= 0.3 is 0 Å². The first-order chi connectivity index (χ1) is 8.86. The highest BCUT2D eigenvalue weighted by Crippen LogP contribution is 2.04. The first-order valence-corrected chi connectivity index (χ1v) is 6.36. The van der Waals surface area contributed by atoms with Crippen molar-refractivity contribution in [3.05, 3.63) is 30.3 Å². The molecule has 0 aliphatic carbocycles. The van der Waals surface area contributed by atoms with Gasteiger partial charge in [-0.25, -0.2) is 0 Å². The van der Waals surface area contributed by atoms with Gasteiger partial charge in [-0.2, -0.15) is 0 Å². The van der Waals surface area contributed by atoms with Gasteiger partial charge in [-0.1, -0.05) is 18.2 Å². The van der Waals surface area contributed by atoms with Crippen molar-refractivity contribution >= 4 is 5.69 Å². The summed E-state index contributed by atoms with van der Waals surface area (Å²) in [7, 11) is 3.47. The lowest BCUT2D eigenvalue weighted by Gasteiger charge is -2.21. The Balaban J connectivity index is 2.23. The van der Waals surface area contributed by atoms with Crippen molar-refractivity contribution in [2.75, 3.05) is 58.9 Å². The fourth-order valence-electron chi connectivity index (χ4n) is 1.69. The van der Waals surface area contributed by atoms with E-state index in [1.54, 1.807) is 14.2 Å². The lowest BCUT2D eigenvalue weighted by atomic mass is 10.3. The quantitative estimate of drug-likeness (QED) is 0.687. The Labute approximate surface area is 110 Å². The van der Waals surface area contributed by atoms with Crippen LogP contribution in [0.15, 0.2) is 30.3 Å². The molecule has 0 atom stereocenters. The molecule has 0 aromatic heterocycles. The van der Waals surface area contributed by atoms with E-state index in [1.165, 1.54) is 0 Å². The van der Waals surface area contributed by atoms with Crippen molar-refractivity contribution in [3.8, 4) is 0 Å². The summed E-state index contributed by atoms with van der Waals surface area (Å²) in [4.78, 5) is 2.34. The molecule has 4 heteroatoms. The minimum Gasteiger partial charge on any atom is -0.384 e. The summed E-state index contributed by atoms with van der Waals surface area (Å²) in [6.45, 7) is 5.32. The Morgan fingerprint density at radius 1 is 0.944 bits per heavy atom. The number of anilines is 1. The Morgan fingerprint density at radius 3 is 2.11 bits per heavy atom. The Hall–Kier alpha value is -1.10. The zero-order valence-corrected chi connectivity index (χ0v) is 11.4. The Bertz CT molecular complexity index is 285. The van der Waals surface area contributed by atoms with Gasteiger partial charge in [-0.3, -0.25) is 4.90 Å². The Kier molecular flexibility index (Phi) is 8.21. The summed E-state index contributed by atoms with van der Waals surface area (Å²) in [5.74, 6) is 0. The van der Waals surface area contributed by atoms with E-state index in [9.17, 15) is 0 Å². The van der Waals surface area contributed by atoms with E-state index in [-0.39, 0.29) is 0 Å². The minimum atomic E-state index is 0.759. The van der Waals surface area contributed by atoms with Crippen LogP contribution in [0, 0.1) is 0 Å². The first kappa shape index (κ1) is 15.0. The van der Waals surface area contributed by atoms with Gasteiger partial charge in [0.25, 0.3) is 0 Å². The van der Waals surface area contributed by atoms with Crippen molar-refractivity contribution < 1.29 is 9.47 Å². The zero-order valence-electron chi connectivity index (χ0n) is 11.4. The standard InChI is InChI=1S/C14H24N2O2/c1-17-12-10-16(11-13-18-2)9-8-15-14-6-4-3-5-7-14/h3-7,15H,8-13H2,1-2H3. The molecule has 0 fully saturated rings. The van der Waals surface area contributed by atoms with Crippen LogP contribution in [-0.4, -0.2) is 58.5 Å². The fourth-order valence-corrected chi connectivity index (χ4v) is 1.69. The molecule has 0 radical (unpaired) electrons. The second-order valence-electron chi connectivity index (χ2n) is 4.12. The Morgan fingerprint density at radius 2 is 1.56 bits per heavy atom. The zero-order chi connectivity index (χ0) is 13.1. The summed E-state index contributed by atoms with van der Waals surface area (Å²) < 4.78 is 10.2. The molecule has 0 unspecified atom stereocenters. The smallest absolute Gasteiger partial charge is 0.0589 e. The van der Waals surface area contributed by atoms with Crippen LogP contribution in [0.4, 0.5) is 5.69 Å². The molecule has 4 nitrogen and oxygen atoms in total. The van der Waals surface area contributed by atoms with Gasteiger partial charge < -0.3 is 14.8 Å². The number of methoxy groups -OCH3 is 2. The van der Waals surface area contributed by atoms with Gasteiger partial charge in [0.05, 0.1) is 13.2 Å². The number of hydrogen-bond acceptors (Lipinski definition) is 4. The van der Waals surface area contributed by atoms with Gasteiger partial charge in [0.1, 0.15) is 0 Å². The maximum Gasteiger partial charge on any atom is 0.0589 e. The molecule has 1 aromatic carbocycles. The van der Waals surface area contributed by atoms with Crippen LogP contribution in [0.1, 0.15) is 0 Å². The molecule has 102 valence electrons. The summed E-state index contributed by atoms with van der Waals surface area (Å²) in [6, 6.07) is 10.3. The van der Waals surface area contributed by atoms with E-state index < -0.39 is 0 Å². The van der Waals surface area contributed by atoms with E-state index in [0.29, 0.717) is 0 Å². The molecule has 0 saturated carbocycles. The first-order valence-electron chi connectivity index (χ1n) is 6.36. The van der Waals surface area contributed by atoms with E-state index in [0.717, 1.165) is 45.1 Å². The van der Waals surface area contributed by atoms with Crippen molar-refractivity contribution in [2.45, 2.75) is 0 Å². The number of benzene rings is 1. The average Bonchev–Trinajstić information content (AvgIpc) is 2.42. The predicted molar refractivity (Wildman–Crippen MR) is 75.1 cm³/mol. The molecule has 1 aromatic rings. The number of nitrogens with zero attached hydrogens (tertiary/aromatic N) is 1. The molecule has 0 amide bonds. The van der Waals surface area contributed by atoms with Crippen molar-refractivity contribution in [1.29, 1.82) is 0 Å². The second kappa shape index (κ2) is 9.88. The fraction of sp³-hybridized carbons (Fsp3) is 0.571. The summed E-state index contributed by atoms with van der Waals surface area (Å²) in [6.07, 6.45) is 0. The maximum absolute atomic E-state index is 5.11. The van der Waals surface area contributed by atoms with Crippen LogP contribution in [0.2, 0.25) is 0 Å². The molecule has 0 aliphatic heterocycles. The third kappa shape index (κ3) is 6.59. The van der Waals surface area contributed by atoms with E-state index in [4.69, 9.17) is 9.47 Å². The molecular formula is C14H24N2O2. The van der Waals surface area contributed by atoms with Crippen LogP contribution in [-0.2, 0) is 9.47 Å². The SMILES string of the molecule is COCCN(CCNc1ccccc1)CCOC. The topological polar surface area (TPSA) is 33.7 Å². The number of nitrogens with one attached hydrogen (secondary N) is 1. The average molecular weight is 252 g/mol. The monoisotopic (exact) mass is 252 g/mol. The normalized spacial score (nSPS) is 10.8. The number of rotatable bonds is 10. The molecule has 0 heterocycles. The lowest BCUT2D eigenvalue weighted by molar-refractivity contribution is 0.116. The van der Waals surface area contributed by atoms with Crippen molar-refractivity contribution in [2.24, 2.45) is 0 Å². The molecule has 0 bridgehead atoms. The van der Waals surface area contributed by atoms with Crippen molar-refractivity contribution in [3.63, 3.8) is 0 Å². The molecular weight excluding hydrogens is 228 g/mol. The molecule has 1 rings (SSSR count). The van der Waals surface area contributed by atoms with Crippen LogP contribution >= 0.6 is 0 Å². The van der Waals surface area contributed by atoms with Crippen LogP contribution in [0.3, 0.4) is 0 Å². The number of hydrogen-bond donors (Lipinski definition) is 1. The van der Waals surface area contributed by atoms with Crippen LogP contribution < -0.4 is 5.32 Å². The van der Waals surface area contributed by atoms with E-state index in [2.05, 4.69) is 22.3 Å². The van der Waals surface area contributed by atoms with Crippen LogP contribution in [0.5, 0.6) is 0 Å². The third-order valence-electron chi connectivity index (χ3n) is 2.75. The van der Waals surface area contributed by atoms with Crippen molar-refractivity contribution in [1.82, 2.24) is 4.90 Å². The van der Waals surface area contributed by atoms with E-state index >= 15 is 0 Å². The highest BCUT2D eigenvalue weighted by atomic mass is 16.5. The number of para-hydroxylation sites is 1. The van der Waals surface area contributed by atoms with Crippen LogP contribution in [0.25, 0.3) is 0 Å². The predicted octanol–water partition coefficient (Wildman–Crippen LogP) is 1.69. The summed E-state index contributed by atoms with van der Waals surface area (Å²) in [5.41, 5.74) is 1.16. The van der Waals surface area contributed by atoms with Gasteiger partial charge in [0.2, 0.25) is 0 Å². The van der Waals surface area contributed by atoms with Gasteiger partial charge in [0.15, 0.2) is 0 Å². The highest BCUT2D eigenvalue weighted by molar-refractivity contribution is 5.42. The third-order valence-corrected chi connectivity index (χ3v) is 2.75. The van der Waals surface area contributed by atoms with E-state index in [1.807, 2.05) is 18.2 Å². The van der Waals surface area contributed by atoms with Gasteiger partial charge in [0, 0.05) is 46.1 Å². The minimum absolute atomic E-state index is 0.759. The number of ether oxygens (including phenoxy) is 2. The molecule has 0 aliphatic rings. The summed E-state index contributed by atoms with van der Waals surface area (Å²) in [5, 5.41) is 3.40. The summed E-state index contributed by atoms with van der Waals surface area (Å²) >= 11 is 0. The lowest BCUT2D eigenvalue weighted by Crippen LogP contribution is -2.34. The molecule has 18 heavy (non-hydrogen) atoms. The molecule has 0 spiro atoms. The van der Waals surface area contributed by atoms with Gasteiger partial charge in [-0.15, -0.1) is 0 Å².